The summed E-state index contributed by atoms with van der Waals surface area (Å²) in [6, 6.07) is 3.99. The van der Waals surface area contributed by atoms with Gasteiger partial charge in [0.15, 0.2) is 43.3 Å². The molecular formula is C63H94N2O35. The Morgan fingerprint density at radius 1 is 0.560 bits per heavy atom. The molecule has 0 radical (unpaired) electrons. The third-order valence-electron chi connectivity index (χ3n) is 15.2. The second kappa shape index (κ2) is 42.0. The van der Waals surface area contributed by atoms with Gasteiger partial charge in [-0.05, 0) is 26.0 Å². The van der Waals surface area contributed by atoms with Crippen LogP contribution in [0.15, 0.2) is 30.3 Å². The van der Waals surface area contributed by atoms with Gasteiger partial charge in [-0.15, -0.1) is 0 Å². The molecule has 6 N–H and O–H groups in total. The summed E-state index contributed by atoms with van der Waals surface area (Å²) in [6.07, 6.45) is -36.2. The number of rotatable bonds is 39. The first-order valence-electron chi connectivity index (χ1n) is 32.2. The van der Waals surface area contributed by atoms with Gasteiger partial charge in [0.05, 0.1) is 104 Å². The molecule has 566 valence electrons. The zero-order valence-corrected chi connectivity index (χ0v) is 57.5. The first kappa shape index (κ1) is 83.9. The van der Waals surface area contributed by atoms with Crippen LogP contribution in [0.25, 0.3) is 0 Å². The SMILES string of the molecule is CCOCCOCCOCCOCCOCCO[C@@H]1O[C@H](CO)[C@@H](O[C@@H]2O[C@H](COC(=O)c3ccccc3)[C@H](OC(C)=O)[C@H](O[C@]3(C(=O)OC)C[C@H](OC(C)=O)[C@@H](NC(C)=O)[C@H]([C@H](OC(C)=O)[C@@H](COC(C)=O)OC(C)=O)O3)[C@H]2OC(C)=O)[C@H](O[C@@H]2O[C@@H](C)[C@@H](O)[C@@H](O)[C@@H]2O)[C@H]1NC(C)=O. The quantitative estimate of drug-likeness (QED) is 0.0221. The summed E-state index contributed by atoms with van der Waals surface area (Å²) < 4.78 is 124. The van der Waals surface area contributed by atoms with Crippen LogP contribution in [-0.4, -0.2) is 308 Å². The fourth-order valence-electron chi connectivity index (χ4n) is 11.1. The predicted octanol–water partition coefficient (Wildman–Crippen LogP) is -2.72. The van der Waals surface area contributed by atoms with E-state index in [2.05, 4.69) is 10.6 Å². The molecule has 4 aliphatic heterocycles. The molecule has 5 rings (SSSR count). The monoisotopic (exact) mass is 1440 g/mol. The van der Waals surface area contributed by atoms with Gasteiger partial charge in [0, 0.05) is 62.0 Å². The molecule has 0 spiro atoms. The largest absolute Gasteiger partial charge is 0.465 e. The van der Waals surface area contributed by atoms with Crippen LogP contribution in [0.3, 0.4) is 0 Å². The predicted molar refractivity (Wildman–Crippen MR) is 328 cm³/mol. The molecule has 0 saturated carbocycles. The lowest BCUT2D eigenvalue weighted by Crippen LogP contribution is -2.72. The molecule has 4 heterocycles. The average Bonchev–Trinajstić information content (AvgIpc) is 0.746. The number of benzene rings is 1. The van der Waals surface area contributed by atoms with Crippen LogP contribution < -0.4 is 10.6 Å². The van der Waals surface area contributed by atoms with Crippen LogP contribution in [0.5, 0.6) is 0 Å². The minimum absolute atomic E-state index is 0.0187. The number of aliphatic hydroxyl groups excluding tert-OH is 4. The maximum absolute atomic E-state index is 15.1. The highest BCUT2D eigenvalue weighted by atomic mass is 16.8. The molecular weight excluding hydrogens is 1340 g/mol. The van der Waals surface area contributed by atoms with Crippen molar-refractivity contribution in [3.63, 3.8) is 0 Å². The number of carbonyl (C=O) groups is 10. The lowest BCUT2D eigenvalue weighted by Gasteiger charge is -2.53. The maximum atomic E-state index is 15.1. The second-order valence-corrected chi connectivity index (χ2v) is 23.0. The summed E-state index contributed by atoms with van der Waals surface area (Å²) in [4.78, 5) is 134. The first-order valence-corrected chi connectivity index (χ1v) is 32.2. The van der Waals surface area contributed by atoms with Crippen molar-refractivity contribution in [2.75, 3.05) is 99.6 Å². The van der Waals surface area contributed by atoms with Crippen LogP contribution >= 0.6 is 0 Å². The summed E-state index contributed by atoms with van der Waals surface area (Å²) in [5, 5.41) is 49.8. The molecule has 100 heavy (non-hydrogen) atoms. The summed E-state index contributed by atoms with van der Waals surface area (Å²) in [5.74, 6) is -14.1. The first-order chi connectivity index (χ1) is 47.5. The summed E-state index contributed by atoms with van der Waals surface area (Å²) in [5.41, 5.74) is -0.0187. The Morgan fingerprint density at radius 3 is 1.63 bits per heavy atom. The van der Waals surface area contributed by atoms with Gasteiger partial charge in [-0.3, -0.25) is 38.4 Å². The zero-order chi connectivity index (χ0) is 73.8. The van der Waals surface area contributed by atoms with Crippen molar-refractivity contribution in [1.82, 2.24) is 10.6 Å². The number of aliphatic hydroxyl groups is 4. The Kier molecular flexibility index (Phi) is 35.2. The van der Waals surface area contributed by atoms with Gasteiger partial charge < -0.3 is 131 Å². The third-order valence-corrected chi connectivity index (χ3v) is 15.2. The minimum Gasteiger partial charge on any atom is -0.465 e. The van der Waals surface area contributed by atoms with Gasteiger partial charge in [0.2, 0.25) is 11.8 Å². The highest BCUT2D eigenvalue weighted by Gasteiger charge is 2.64. The van der Waals surface area contributed by atoms with Crippen LogP contribution in [0.2, 0.25) is 0 Å². The van der Waals surface area contributed by atoms with E-state index < -0.39 is 214 Å². The lowest BCUT2D eigenvalue weighted by molar-refractivity contribution is -0.391. The topological polar surface area (TPSA) is 470 Å². The summed E-state index contributed by atoms with van der Waals surface area (Å²) in [7, 11) is 0.828. The van der Waals surface area contributed by atoms with E-state index in [-0.39, 0.29) is 45.2 Å². The molecule has 0 unspecified atom stereocenters. The zero-order valence-electron chi connectivity index (χ0n) is 57.5. The summed E-state index contributed by atoms with van der Waals surface area (Å²) >= 11 is 0. The molecule has 4 aliphatic rings. The van der Waals surface area contributed by atoms with E-state index in [0.29, 0.717) is 33.0 Å². The normalized spacial score (nSPS) is 30.2. The van der Waals surface area contributed by atoms with Crippen molar-refractivity contribution in [3.05, 3.63) is 35.9 Å². The van der Waals surface area contributed by atoms with Gasteiger partial charge in [-0.1, -0.05) is 18.2 Å². The number of hydrogen-bond acceptors (Lipinski definition) is 35. The van der Waals surface area contributed by atoms with E-state index in [1.54, 1.807) is 6.07 Å². The molecule has 21 atom stereocenters. The van der Waals surface area contributed by atoms with E-state index in [4.69, 9.17) is 99.5 Å². The van der Waals surface area contributed by atoms with Gasteiger partial charge >= 0.3 is 47.8 Å². The van der Waals surface area contributed by atoms with Gasteiger partial charge in [-0.2, -0.15) is 0 Å². The van der Waals surface area contributed by atoms with E-state index in [0.717, 1.165) is 62.5 Å². The maximum Gasteiger partial charge on any atom is 0.366 e. The average molecular weight is 1440 g/mol. The number of amides is 2. The molecule has 0 bridgehead atoms. The number of nitrogens with one attached hydrogen (secondary N) is 2. The smallest absolute Gasteiger partial charge is 0.366 e. The van der Waals surface area contributed by atoms with Gasteiger partial charge in [0.25, 0.3) is 5.79 Å². The highest BCUT2D eigenvalue weighted by molar-refractivity contribution is 5.89. The fourth-order valence-corrected chi connectivity index (χ4v) is 11.1. The standard InChI is InChI=1S/C63H94N2O35/c1-12-81-18-19-82-20-21-83-22-23-84-24-25-85-26-27-86-59-47(65-34(4)68)54(98-60-50(77)49(76)48(75)32(2)89-60)51(43(29-66)95-59)97-61-57(94-40(10)74)56(53(93-39(9)73)45(96-61)31-88-58(78)41-16-14-13-15-17-41)100-63(62(79)80-11)28-42(90-36(6)70)46(64-33(3)67)55(99-63)52(92-38(8)72)44(91-37(7)71)30-87-35(5)69/h13-17,32,42-57,59-61,66,75-77H,12,18-31H2,1-11H3,(H,64,67)(H,65,68)/t32-,42-,43+,44+,45+,46+,47+,48+,49+,50-,51+,52+,53-,54+,55+,56-,57+,59+,60-,61-,63-/m0/s1. The second-order valence-electron chi connectivity index (χ2n) is 23.0. The Morgan fingerprint density at radius 2 is 1.10 bits per heavy atom. The fraction of sp³-hybridized carbons (Fsp3) is 0.746. The highest BCUT2D eigenvalue weighted by Crippen LogP contribution is 2.43. The molecule has 37 nitrogen and oxygen atoms in total. The van der Waals surface area contributed by atoms with E-state index in [9.17, 15) is 63.6 Å². The molecule has 1 aromatic rings. The molecule has 1 aromatic carbocycles. The molecule has 37 heteroatoms. The van der Waals surface area contributed by atoms with Crippen molar-refractivity contribution >= 4 is 59.6 Å². The molecule has 4 saturated heterocycles. The minimum atomic E-state index is -3.22. The Bertz CT molecular complexity index is 2780. The van der Waals surface area contributed by atoms with Crippen LogP contribution in [0.1, 0.15) is 86.0 Å². The number of methoxy groups -OCH3 is 1. The number of ether oxygens (including phenoxy) is 21. The van der Waals surface area contributed by atoms with E-state index >= 15 is 4.79 Å². The Labute approximate surface area is 575 Å². The van der Waals surface area contributed by atoms with E-state index in [1.165, 1.54) is 31.2 Å². The number of carbonyl (C=O) groups excluding carboxylic acids is 10. The van der Waals surface area contributed by atoms with Crippen LogP contribution in [-0.2, 0) is 143 Å². The van der Waals surface area contributed by atoms with Crippen molar-refractivity contribution < 1.29 is 168 Å². The van der Waals surface area contributed by atoms with Crippen molar-refractivity contribution in [3.8, 4) is 0 Å². The Hall–Kier alpha value is -6.76. The number of hydrogen-bond donors (Lipinski definition) is 6. The van der Waals surface area contributed by atoms with E-state index in [1.807, 2.05) is 6.92 Å². The molecule has 0 aromatic heterocycles. The van der Waals surface area contributed by atoms with Crippen LogP contribution in [0.4, 0.5) is 0 Å². The number of esters is 8. The molecule has 0 aliphatic carbocycles. The summed E-state index contributed by atoms with van der Waals surface area (Å²) in [6.45, 7) is 10.4. The molecule has 2 amide bonds. The van der Waals surface area contributed by atoms with Crippen molar-refractivity contribution in [2.24, 2.45) is 0 Å². The lowest BCUT2D eigenvalue weighted by atomic mass is 9.87. The van der Waals surface area contributed by atoms with Crippen molar-refractivity contribution in [2.45, 2.75) is 204 Å². The molecule has 4 fully saturated rings. The van der Waals surface area contributed by atoms with Gasteiger partial charge in [-0.25, -0.2) is 9.59 Å². The Balaban J connectivity index is 1.67. The van der Waals surface area contributed by atoms with Crippen molar-refractivity contribution in [1.29, 1.82) is 0 Å². The van der Waals surface area contributed by atoms with Gasteiger partial charge in [0.1, 0.15) is 80.3 Å². The van der Waals surface area contributed by atoms with Crippen LogP contribution in [0, 0.1) is 0 Å². The third kappa shape index (κ3) is 25.6.